The van der Waals surface area contributed by atoms with Crippen molar-refractivity contribution in [3.05, 3.63) is 58.1 Å². The van der Waals surface area contributed by atoms with Gasteiger partial charge < -0.3 is 19.7 Å². The summed E-state index contributed by atoms with van der Waals surface area (Å²) < 4.78 is 10.0. The Kier molecular flexibility index (Phi) is 7.71. The SMILES string of the molecule is CCOC(=O)c1ccc(N2C[C@@H](C(=O)OCC(=O)Nc3cc(Cl)ccc3Cl)CC2=O)cc1. The Bertz CT molecular complexity index is 1040. The molecule has 1 fully saturated rings. The quantitative estimate of drug-likeness (QED) is 0.608. The molecular weight excluding hydrogens is 459 g/mol. The summed E-state index contributed by atoms with van der Waals surface area (Å²) in [4.78, 5) is 50.0. The Morgan fingerprint density at radius 1 is 1.09 bits per heavy atom. The van der Waals surface area contributed by atoms with Gasteiger partial charge in [0.05, 0.1) is 28.8 Å². The molecule has 2 amide bonds. The number of hydrogen-bond donors (Lipinski definition) is 1. The minimum absolute atomic E-state index is 0.0415. The number of esters is 2. The van der Waals surface area contributed by atoms with Gasteiger partial charge in [0, 0.05) is 23.7 Å². The van der Waals surface area contributed by atoms with Crippen LogP contribution in [0.25, 0.3) is 0 Å². The first-order chi connectivity index (χ1) is 15.3. The number of hydrogen-bond acceptors (Lipinski definition) is 6. The van der Waals surface area contributed by atoms with Gasteiger partial charge in [0.2, 0.25) is 5.91 Å². The molecule has 1 saturated heterocycles. The fourth-order valence-electron chi connectivity index (χ4n) is 3.14. The largest absolute Gasteiger partial charge is 0.462 e. The average molecular weight is 479 g/mol. The Balaban J connectivity index is 1.54. The molecule has 3 rings (SSSR count). The van der Waals surface area contributed by atoms with Gasteiger partial charge in [-0.2, -0.15) is 0 Å². The first kappa shape index (κ1) is 23.6. The van der Waals surface area contributed by atoms with Gasteiger partial charge >= 0.3 is 11.9 Å². The van der Waals surface area contributed by atoms with E-state index in [1.165, 1.54) is 17.0 Å². The first-order valence-electron chi connectivity index (χ1n) is 9.77. The van der Waals surface area contributed by atoms with Crippen LogP contribution in [0.2, 0.25) is 10.0 Å². The van der Waals surface area contributed by atoms with Gasteiger partial charge in [-0.3, -0.25) is 14.4 Å². The molecule has 1 atom stereocenters. The van der Waals surface area contributed by atoms with Gasteiger partial charge in [0.25, 0.3) is 5.91 Å². The van der Waals surface area contributed by atoms with Crippen LogP contribution in [0.15, 0.2) is 42.5 Å². The minimum atomic E-state index is -0.713. The zero-order chi connectivity index (χ0) is 23.3. The van der Waals surface area contributed by atoms with Gasteiger partial charge in [-0.25, -0.2) is 4.79 Å². The zero-order valence-electron chi connectivity index (χ0n) is 17.1. The second kappa shape index (κ2) is 10.5. The Hall–Kier alpha value is -3.10. The van der Waals surface area contributed by atoms with Crippen LogP contribution < -0.4 is 10.2 Å². The van der Waals surface area contributed by atoms with Crippen LogP contribution in [0, 0.1) is 5.92 Å². The van der Waals surface area contributed by atoms with Gasteiger partial charge in [-0.1, -0.05) is 23.2 Å². The number of carbonyl (C=O) groups is 4. The molecule has 0 saturated carbocycles. The van der Waals surface area contributed by atoms with E-state index in [2.05, 4.69) is 5.32 Å². The summed E-state index contributed by atoms with van der Waals surface area (Å²) in [7, 11) is 0. The predicted molar refractivity (Wildman–Crippen MR) is 119 cm³/mol. The molecular formula is C22H20Cl2N2O6. The maximum Gasteiger partial charge on any atom is 0.338 e. The normalized spacial score (nSPS) is 15.4. The molecule has 10 heteroatoms. The number of carbonyl (C=O) groups excluding carboxylic acids is 4. The van der Waals surface area contributed by atoms with E-state index in [-0.39, 0.29) is 25.5 Å². The lowest BCUT2D eigenvalue weighted by molar-refractivity contribution is -0.151. The minimum Gasteiger partial charge on any atom is -0.462 e. The summed E-state index contributed by atoms with van der Waals surface area (Å²) in [6.07, 6.45) is -0.0415. The number of ether oxygens (including phenoxy) is 2. The second-order valence-corrected chi connectivity index (χ2v) is 7.80. The predicted octanol–water partition coefficient (Wildman–Crippen LogP) is 3.70. The van der Waals surface area contributed by atoms with E-state index in [1.807, 2.05) is 0 Å². The molecule has 0 spiro atoms. The van der Waals surface area contributed by atoms with Crippen LogP contribution >= 0.6 is 23.2 Å². The molecule has 1 aliphatic heterocycles. The van der Waals surface area contributed by atoms with Crippen molar-refractivity contribution in [1.82, 2.24) is 0 Å². The topological polar surface area (TPSA) is 102 Å². The third-order valence-corrected chi connectivity index (χ3v) is 5.26. The highest BCUT2D eigenvalue weighted by molar-refractivity contribution is 6.35. The van der Waals surface area contributed by atoms with Crippen molar-refractivity contribution in [2.45, 2.75) is 13.3 Å². The molecule has 0 aliphatic carbocycles. The van der Waals surface area contributed by atoms with Crippen molar-refractivity contribution in [2.75, 3.05) is 30.0 Å². The highest BCUT2D eigenvalue weighted by Gasteiger charge is 2.36. The smallest absolute Gasteiger partial charge is 0.338 e. The summed E-state index contributed by atoms with van der Waals surface area (Å²) >= 11 is 11.9. The summed E-state index contributed by atoms with van der Waals surface area (Å²) in [6, 6.07) is 10.9. The standard InChI is InChI=1S/C22H20Cl2N2O6/c1-2-31-21(29)13-3-6-16(7-4-13)26-11-14(9-20(26)28)22(30)32-12-19(27)25-18-10-15(23)5-8-17(18)24/h3-8,10,14H,2,9,11-12H2,1H3,(H,25,27)/t14-/m0/s1. The maximum absolute atomic E-state index is 12.4. The number of nitrogens with zero attached hydrogens (tertiary/aromatic N) is 1. The monoisotopic (exact) mass is 478 g/mol. The van der Waals surface area contributed by atoms with Gasteiger partial charge in [-0.15, -0.1) is 0 Å². The fraction of sp³-hybridized carbons (Fsp3) is 0.273. The summed E-state index contributed by atoms with van der Waals surface area (Å²) in [5.41, 5.74) is 1.21. The molecule has 0 radical (unpaired) electrons. The van der Waals surface area contributed by atoms with E-state index in [1.54, 1.807) is 37.3 Å². The Morgan fingerprint density at radius 2 is 1.81 bits per heavy atom. The van der Waals surface area contributed by atoms with Crippen LogP contribution in [0.5, 0.6) is 0 Å². The van der Waals surface area contributed by atoms with Gasteiger partial charge in [0.1, 0.15) is 0 Å². The number of amides is 2. The number of rotatable bonds is 7. The van der Waals surface area contributed by atoms with Crippen molar-refractivity contribution < 1.29 is 28.7 Å². The maximum atomic E-state index is 12.4. The molecule has 2 aromatic carbocycles. The Morgan fingerprint density at radius 3 is 2.50 bits per heavy atom. The molecule has 0 unspecified atom stereocenters. The van der Waals surface area contributed by atoms with Gasteiger partial charge in [-0.05, 0) is 49.4 Å². The molecule has 1 N–H and O–H groups in total. The van der Waals surface area contributed by atoms with E-state index in [4.69, 9.17) is 32.7 Å². The number of anilines is 2. The zero-order valence-corrected chi connectivity index (χ0v) is 18.6. The molecule has 0 bridgehead atoms. The van der Waals surface area contributed by atoms with E-state index >= 15 is 0 Å². The van der Waals surface area contributed by atoms with Crippen LogP contribution in [0.3, 0.4) is 0 Å². The number of nitrogens with one attached hydrogen (secondary N) is 1. The molecule has 1 heterocycles. The van der Waals surface area contributed by atoms with Crippen molar-refractivity contribution in [2.24, 2.45) is 5.92 Å². The second-order valence-electron chi connectivity index (χ2n) is 6.95. The molecule has 2 aromatic rings. The van der Waals surface area contributed by atoms with Crippen molar-refractivity contribution >= 4 is 58.3 Å². The van der Waals surface area contributed by atoms with Crippen molar-refractivity contribution in [1.29, 1.82) is 0 Å². The van der Waals surface area contributed by atoms with Crippen LogP contribution in [-0.2, 0) is 23.9 Å². The molecule has 168 valence electrons. The molecule has 0 aromatic heterocycles. The number of benzene rings is 2. The summed E-state index contributed by atoms with van der Waals surface area (Å²) in [5.74, 6) is -2.67. The number of halogens is 2. The third kappa shape index (κ3) is 5.77. The molecule has 1 aliphatic rings. The lowest BCUT2D eigenvalue weighted by Crippen LogP contribution is -2.28. The summed E-state index contributed by atoms with van der Waals surface area (Å²) in [5, 5.41) is 3.20. The summed E-state index contributed by atoms with van der Waals surface area (Å²) in [6.45, 7) is 1.56. The Labute approximate surface area is 194 Å². The highest BCUT2D eigenvalue weighted by Crippen LogP contribution is 2.27. The molecule has 32 heavy (non-hydrogen) atoms. The van der Waals surface area contributed by atoms with E-state index in [9.17, 15) is 19.2 Å². The van der Waals surface area contributed by atoms with E-state index < -0.39 is 30.4 Å². The average Bonchev–Trinajstić information content (AvgIpc) is 3.16. The third-order valence-electron chi connectivity index (χ3n) is 4.70. The van der Waals surface area contributed by atoms with Crippen LogP contribution in [0.4, 0.5) is 11.4 Å². The van der Waals surface area contributed by atoms with Gasteiger partial charge in [0.15, 0.2) is 6.61 Å². The lowest BCUT2D eigenvalue weighted by Gasteiger charge is -2.17. The van der Waals surface area contributed by atoms with Crippen molar-refractivity contribution in [3.63, 3.8) is 0 Å². The van der Waals surface area contributed by atoms with Crippen molar-refractivity contribution in [3.8, 4) is 0 Å². The van der Waals surface area contributed by atoms with E-state index in [0.717, 1.165) is 0 Å². The fourth-order valence-corrected chi connectivity index (χ4v) is 3.48. The van der Waals surface area contributed by atoms with E-state index in [0.29, 0.717) is 27.0 Å². The first-order valence-corrected chi connectivity index (χ1v) is 10.5. The molecule has 8 nitrogen and oxygen atoms in total. The van der Waals surface area contributed by atoms with Crippen LogP contribution in [0.1, 0.15) is 23.7 Å². The van der Waals surface area contributed by atoms with Crippen LogP contribution in [-0.4, -0.2) is 43.5 Å². The lowest BCUT2D eigenvalue weighted by atomic mass is 10.1. The highest BCUT2D eigenvalue weighted by atomic mass is 35.5.